The van der Waals surface area contributed by atoms with E-state index in [0.717, 1.165) is 109 Å². The summed E-state index contributed by atoms with van der Waals surface area (Å²) >= 11 is 19.9. The summed E-state index contributed by atoms with van der Waals surface area (Å²) in [7, 11) is -12.2. The molecule has 0 spiro atoms. The Balaban J connectivity index is 0.000000151. The molecule has 0 fully saturated rings. The van der Waals surface area contributed by atoms with E-state index in [-0.39, 0.29) is 154 Å². The summed E-state index contributed by atoms with van der Waals surface area (Å²) in [6.45, 7) is 27.6. The maximum absolute atomic E-state index is 14.9. The number of benzene rings is 14. The molecule has 0 bridgehead atoms. The highest BCUT2D eigenvalue weighted by molar-refractivity contribution is 7.91. The number of ether oxygens (including phenoxy) is 1. The Morgan fingerprint density at radius 2 is 0.693 bits per heavy atom. The van der Waals surface area contributed by atoms with E-state index in [4.69, 9.17) is 59.3 Å². The van der Waals surface area contributed by atoms with E-state index in [1.165, 1.54) is 76.7 Å². The lowest BCUT2D eigenvalue weighted by Gasteiger charge is -2.16. The van der Waals surface area contributed by atoms with Gasteiger partial charge in [-0.1, -0.05) is 211 Å². The van der Waals surface area contributed by atoms with Gasteiger partial charge in [0, 0.05) is 104 Å². The second kappa shape index (κ2) is 39.7. The summed E-state index contributed by atoms with van der Waals surface area (Å²) in [5, 5.41) is 1.32. The van der Waals surface area contributed by atoms with E-state index in [9.17, 15) is 79.2 Å². The van der Waals surface area contributed by atoms with Crippen LogP contribution in [0.25, 0.3) is 148 Å². The smallest absolute Gasteiger partial charge is 0.296 e. The number of ketones is 3. The fourth-order valence-electron chi connectivity index (χ4n) is 16.5. The van der Waals surface area contributed by atoms with Gasteiger partial charge in [-0.25, -0.2) is 86.4 Å². The number of hydrogen-bond acceptors (Lipinski definition) is 12. The second-order valence-electron chi connectivity index (χ2n) is 31.5. The molecule has 140 heavy (non-hydrogen) atoms. The van der Waals surface area contributed by atoms with Crippen LogP contribution >= 0.6 is 34.8 Å². The molecule has 0 atom stereocenters. The highest BCUT2D eigenvalue weighted by Gasteiger charge is 2.36. The normalized spacial score (nSPS) is 11.6. The zero-order chi connectivity index (χ0) is 99.8. The highest BCUT2D eigenvalue weighted by atomic mass is 35.5. The fourth-order valence-corrected chi connectivity index (χ4v) is 22.1. The molecule has 0 aliphatic carbocycles. The molecule has 0 saturated carbocycles. The monoisotopic (exact) mass is 1990 g/mol. The molecule has 18 aromatic rings. The summed E-state index contributed by atoms with van der Waals surface area (Å²) in [6, 6.07) is 70.2. The van der Waals surface area contributed by atoms with Crippen LogP contribution in [0.15, 0.2) is 324 Å². The molecule has 0 N–H and O–H groups in total. The Hall–Kier alpha value is -15.9. The number of hydrogen-bond donors (Lipinski definition) is 0. The number of Topliss-reactive ketones (excluding diaryl/α,β-unsaturated/α-hetero) is 3. The van der Waals surface area contributed by atoms with Crippen molar-refractivity contribution in [2.45, 2.75) is 54.7 Å². The number of para-hydroxylation sites is 2. The zero-order valence-corrected chi connectivity index (χ0v) is 77.8. The van der Waals surface area contributed by atoms with Crippen molar-refractivity contribution in [2.75, 3.05) is 7.11 Å². The molecule has 696 valence electrons. The molecule has 33 heteroatoms. The first-order valence-corrected chi connectivity index (χ1v) is 47.3. The zero-order valence-electron chi connectivity index (χ0n) is 73.1. The molecular weight excluding hydrogens is 1930 g/mol. The molecule has 4 heterocycles. The van der Waals surface area contributed by atoms with Crippen molar-refractivity contribution in [3.63, 3.8) is 0 Å². The summed E-state index contributed by atoms with van der Waals surface area (Å²) in [4.78, 5) is 54.4. The lowest BCUT2D eigenvalue weighted by molar-refractivity contribution is 0.100. The topological polar surface area (TPSA) is 217 Å². The maximum atomic E-state index is 14.9. The Morgan fingerprint density at radius 1 is 0.357 bits per heavy atom. The summed E-state index contributed by atoms with van der Waals surface area (Å²) in [6.07, 6.45) is -5.76. The third kappa shape index (κ3) is 18.5. The van der Waals surface area contributed by atoms with Crippen LogP contribution in [-0.2, 0) is 30.1 Å². The van der Waals surface area contributed by atoms with Crippen LogP contribution in [0.2, 0.25) is 15.1 Å². The molecule has 0 unspecified atom stereocenters. The number of carbonyl (C=O) groups is 3. The predicted molar refractivity (Wildman–Crippen MR) is 523 cm³/mol. The summed E-state index contributed by atoms with van der Waals surface area (Å²) in [5.41, 5.74) is 6.87. The van der Waals surface area contributed by atoms with Gasteiger partial charge in [0.2, 0.25) is 0 Å². The van der Waals surface area contributed by atoms with Crippen LogP contribution in [0.1, 0.15) is 87.8 Å². The number of aromatic nitrogens is 5. The van der Waals surface area contributed by atoms with E-state index in [0.29, 0.717) is 82.9 Å². The SMILES string of the molecule is [C-]#[N+]c1ccccc1-c1c(-c2cccc(-c3ccc(C(C)=O)c(OC)c3Cl)c2)n(S(=O)(=O)c2ccc(C(F)F)cc2)c2ccc(F)cc12.[C-]#[N+]c1ccccc1-c1c(-c2cccc(-c3ccc(C(C)=O)cc3Cl)c2)n(S(=O)(=O)c2ccc(C(F)F)cc2)c2ccc(F)cc12.[C-]#[N+]c1nccnc1-c1c(-c2cccc(-c3ccc(C(C)=O)cc3Cl)c2)n(S(=O)(=O)c2ccc(C(F)F)cc2)c2ccc(F)cc12. The Kier molecular flexibility index (Phi) is 27.6. The third-order valence-electron chi connectivity index (χ3n) is 23.1. The minimum absolute atomic E-state index is 0.0133. The van der Waals surface area contributed by atoms with E-state index in [1.54, 1.807) is 164 Å². The van der Waals surface area contributed by atoms with Crippen molar-refractivity contribution in [3.05, 3.63) is 410 Å². The lowest BCUT2D eigenvalue weighted by atomic mass is 9.94. The number of halogens is 12. The first-order chi connectivity index (χ1) is 67.0. The Morgan fingerprint density at radius 3 is 1.03 bits per heavy atom. The first-order valence-electron chi connectivity index (χ1n) is 41.9. The van der Waals surface area contributed by atoms with Gasteiger partial charge in [-0.2, -0.15) is 0 Å². The van der Waals surface area contributed by atoms with Gasteiger partial charge in [-0.05, 0) is 176 Å². The lowest BCUT2D eigenvalue weighted by Crippen LogP contribution is -2.14. The molecule has 4 aromatic heterocycles. The minimum Gasteiger partial charge on any atom is -0.494 e. The van der Waals surface area contributed by atoms with Crippen molar-refractivity contribution in [3.8, 4) is 106 Å². The van der Waals surface area contributed by atoms with Crippen molar-refractivity contribution in [1.82, 2.24) is 21.9 Å². The average molecular weight is 2000 g/mol. The van der Waals surface area contributed by atoms with Gasteiger partial charge in [0.1, 0.15) is 29.4 Å². The van der Waals surface area contributed by atoms with Crippen LogP contribution in [-0.4, -0.2) is 71.6 Å². The standard InChI is InChI=1S/C37H24ClF3N2O4S.C36H22ClF3N2O3S.C34H20ClF3N4O3S/c1-21(44)27-16-17-28(34(38)36(27)47-3)23-7-6-8-24(19-23)35-33(29-9-4-5-10-31(29)42-2)30-20-25(39)13-18-32(30)43(35)48(45,46)26-14-11-22(12-15-26)37(40)41;1-21(43)23-12-16-28(31(37)19-23)24-6-5-7-25(18-24)35-34(29-8-3-4-9-32(29)41-2)30-20-26(38)13-17-33(30)42(35)46(44,45)27-14-10-22(11-15-27)36(39)40;1-19(43)21-8-12-26(28(35)17-21)22-4-3-5-23(16-22)32-30(31-34(39-2)41-15-14-40-31)27-18-24(36)9-13-29(27)42(32)46(44,45)25-10-6-20(7-11-25)33(37)38/h4-20,37H,1,3H3;3-20,36H,1H3;3-18,33H,1H3. The van der Waals surface area contributed by atoms with Crippen LogP contribution in [0.5, 0.6) is 5.75 Å². The molecule has 0 aliphatic heterocycles. The van der Waals surface area contributed by atoms with Crippen LogP contribution < -0.4 is 4.74 Å². The molecular formula is C107H66Cl3F9N8O10S3. The van der Waals surface area contributed by atoms with Crippen LogP contribution in [0.4, 0.5) is 56.7 Å². The third-order valence-corrected chi connectivity index (χ3v) is 29.2. The number of alkyl halides is 6. The van der Waals surface area contributed by atoms with Crippen LogP contribution in [0.3, 0.4) is 0 Å². The van der Waals surface area contributed by atoms with Gasteiger partial charge >= 0.3 is 0 Å². The molecule has 18 rings (SSSR count). The molecule has 0 aliphatic rings. The molecule has 0 amide bonds. The van der Waals surface area contributed by atoms with Crippen molar-refractivity contribution in [2.24, 2.45) is 0 Å². The Labute approximate surface area is 810 Å². The van der Waals surface area contributed by atoms with Gasteiger partial charge < -0.3 is 9.58 Å². The number of methoxy groups -OCH3 is 1. The van der Waals surface area contributed by atoms with E-state index < -0.39 is 66.8 Å². The van der Waals surface area contributed by atoms with Gasteiger partial charge in [0.25, 0.3) is 55.2 Å². The summed E-state index contributed by atoms with van der Waals surface area (Å²) in [5.74, 6) is -2.48. The quantitative estimate of drug-likeness (QED) is 0.0352. The van der Waals surface area contributed by atoms with Gasteiger partial charge in [-0.3, -0.25) is 19.4 Å². The first kappa shape index (κ1) is 97.2. The average Bonchev–Trinajstić information content (AvgIpc) is 1.57. The highest BCUT2D eigenvalue weighted by Crippen LogP contribution is 2.52. The molecule has 0 saturated heterocycles. The number of fused-ring (bicyclic) bond motifs is 3. The van der Waals surface area contributed by atoms with Crippen molar-refractivity contribution in [1.29, 1.82) is 0 Å². The van der Waals surface area contributed by atoms with Gasteiger partial charge in [0.05, 0.1) is 91.0 Å². The second-order valence-corrected chi connectivity index (χ2v) is 38.0. The molecule has 14 aromatic carbocycles. The Bertz CT molecular complexity index is 8310. The van der Waals surface area contributed by atoms with E-state index in [1.807, 2.05) is 0 Å². The predicted octanol–water partition coefficient (Wildman–Crippen LogP) is 29.9. The van der Waals surface area contributed by atoms with Crippen molar-refractivity contribution < 1.29 is 83.9 Å². The fraction of sp³-hybridized carbons (Fsp3) is 0.0654. The van der Waals surface area contributed by atoms with E-state index >= 15 is 0 Å². The van der Waals surface area contributed by atoms with Gasteiger partial charge in [-0.15, -0.1) is 4.98 Å². The van der Waals surface area contributed by atoms with Crippen LogP contribution in [0, 0.1) is 37.2 Å². The summed E-state index contributed by atoms with van der Waals surface area (Å²) < 4.78 is 220. The minimum atomic E-state index is -4.55. The van der Waals surface area contributed by atoms with E-state index in [2.05, 4.69) is 24.5 Å². The number of nitrogens with zero attached hydrogens (tertiary/aromatic N) is 8. The van der Waals surface area contributed by atoms with Gasteiger partial charge in [0.15, 0.2) is 28.7 Å². The molecule has 0 radical (unpaired) electrons. The maximum Gasteiger partial charge on any atom is 0.296 e. The molecule has 18 nitrogen and oxygen atoms in total. The number of carbonyl (C=O) groups excluding carboxylic acids is 3. The number of rotatable bonds is 22. The largest absolute Gasteiger partial charge is 0.494 e. The van der Waals surface area contributed by atoms with Crippen molar-refractivity contribution >= 4 is 132 Å².